The van der Waals surface area contributed by atoms with Crippen LogP contribution in [-0.4, -0.2) is 5.91 Å². The van der Waals surface area contributed by atoms with E-state index in [4.69, 9.17) is 0 Å². The van der Waals surface area contributed by atoms with E-state index in [1.807, 2.05) is 0 Å². The van der Waals surface area contributed by atoms with Crippen molar-refractivity contribution in [2.75, 3.05) is 5.32 Å². The maximum Gasteiger partial charge on any atom is 0.244 e. The van der Waals surface area contributed by atoms with Crippen molar-refractivity contribution in [1.82, 2.24) is 0 Å². The molecule has 3 nitrogen and oxygen atoms in total. The SMILES string of the molecule is Cc1ccc(NC(=O)C2(C#N)CCCCCC2)cc1F. The Morgan fingerprint density at radius 1 is 1.30 bits per heavy atom. The Balaban J connectivity index is 2.16. The quantitative estimate of drug-likeness (QED) is 0.830. The van der Waals surface area contributed by atoms with Crippen LogP contribution in [0.4, 0.5) is 10.1 Å². The van der Waals surface area contributed by atoms with Gasteiger partial charge >= 0.3 is 0 Å². The number of benzene rings is 1. The maximum absolute atomic E-state index is 13.5. The van der Waals surface area contributed by atoms with Gasteiger partial charge in [-0.25, -0.2) is 4.39 Å². The van der Waals surface area contributed by atoms with Crippen molar-refractivity contribution in [3.63, 3.8) is 0 Å². The molecule has 0 unspecified atom stereocenters. The largest absolute Gasteiger partial charge is 0.325 e. The van der Waals surface area contributed by atoms with Gasteiger partial charge in [-0.3, -0.25) is 4.79 Å². The third-order valence-corrected chi connectivity index (χ3v) is 4.04. The van der Waals surface area contributed by atoms with E-state index in [9.17, 15) is 14.4 Å². The lowest BCUT2D eigenvalue weighted by atomic mass is 9.81. The number of amides is 1. The minimum Gasteiger partial charge on any atom is -0.325 e. The highest BCUT2D eigenvalue weighted by molar-refractivity contribution is 5.97. The maximum atomic E-state index is 13.5. The zero-order chi connectivity index (χ0) is 14.6. The van der Waals surface area contributed by atoms with Gasteiger partial charge in [-0.2, -0.15) is 5.26 Å². The minimum atomic E-state index is -0.960. The second-order valence-corrected chi connectivity index (χ2v) is 5.53. The van der Waals surface area contributed by atoms with Crippen LogP contribution in [0.3, 0.4) is 0 Å². The van der Waals surface area contributed by atoms with Gasteiger partial charge in [0.05, 0.1) is 6.07 Å². The van der Waals surface area contributed by atoms with Crippen LogP contribution in [0, 0.1) is 29.5 Å². The van der Waals surface area contributed by atoms with Crippen LogP contribution < -0.4 is 5.32 Å². The second-order valence-electron chi connectivity index (χ2n) is 5.53. The van der Waals surface area contributed by atoms with E-state index >= 15 is 0 Å². The Kier molecular flexibility index (Phi) is 4.39. The predicted octanol–water partition coefficient (Wildman–Crippen LogP) is 3.94. The summed E-state index contributed by atoms with van der Waals surface area (Å²) >= 11 is 0. The van der Waals surface area contributed by atoms with Crippen LogP contribution in [0.25, 0.3) is 0 Å². The molecular formula is C16H19FN2O. The third-order valence-electron chi connectivity index (χ3n) is 4.04. The summed E-state index contributed by atoms with van der Waals surface area (Å²) in [7, 11) is 0. The van der Waals surface area contributed by atoms with Crippen molar-refractivity contribution in [1.29, 1.82) is 5.26 Å². The molecule has 4 heteroatoms. The third kappa shape index (κ3) is 2.98. The summed E-state index contributed by atoms with van der Waals surface area (Å²) in [5.41, 5.74) is -0.0119. The molecule has 0 bridgehead atoms. The van der Waals surface area contributed by atoms with E-state index in [0.29, 0.717) is 24.1 Å². The summed E-state index contributed by atoms with van der Waals surface area (Å²) in [5, 5.41) is 12.1. The first-order valence-electron chi connectivity index (χ1n) is 7.06. The van der Waals surface area contributed by atoms with Gasteiger partial charge in [-0.15, -0.1) is 0 Å². The fraction of sp³-hybridized carbons (Fsp3) is 0.500. The van der Waals surface area contributed by atoms with Gasteiger partial charge in [0.2, 0.25) is 5.91 Å². The van der Waals surface area contributed by atoms with E-state index in [1.54, 1.807) is 19.1 Å². The lowest BCUT2D eigenvalue weighted by molar-refractivity contribution is -0.123. The Morgan fingerprint density at radius 3 is 2.50 bits per heavy atom. The minimum absolute atomic E-state index is 0.301. The summed E-state index contributed by atoms with van der Waals surface area (Å²) in [6.45, 7) is 1.67. The number of carbonyl (C=O) groups excluding carboxylic acids is 1. The number of aryl methyl sites for hydroxylation is 1. The monoisotopic (exact) mass is 274 g/mol. The highest BCUT2D eigenvalue weighted by Gasteiger charge is 2.38. The van der Waals surface area contributed by atoms with Gasteiger partial charge in [0.25, 0.3) is 0 Å². The van der Waals surface area contributed by atoms with Gasteiger partial charge in [0.15, 0.2) is 0 Å². The Labute approximate surface area is 118 Å². The summed E-state index contributed by atoms with van der Waals surface area (Å²) in [5.74, 6) is -0.653. The first kappa shape index (κ1) is 14.5. The molecule has 1 aromatic carbocycles. The molecule has 0 aromatic heterocycles. The van der Waals surface area contributed by atoms with Crippen molar-refractivity contribution in [3.8, 4) is 6.07 Å². The molecule has 0 radical (unpaired) electrons. The number of anilines is 1. The highest BCUT2D eigenvalue weighted by atomic mass is 19.1. The van der Waals surface area contributed by atoms with Crippen LogP contribution >= 0.6 is 0 Å². The molecule has 1 N–H and O–H groups in total. The first-order valence-corrected chi connectivity index (χ1v) is 7.06. The molecule has 2 rings (SSSR count). The number of hydrogen-bond donors (Lipinski definition) is 1. The van der Waals surface area contributed by atoms with E-state index in [-0.39, 0.29) is 11.7 Å². The van der Waals surface area contributed by atoms with E-state index in [2.05, 4.69) is 11.4 Å². The average Bonchev–Trinajstić information content (AvgIpc) is 2.69. The van der Waals surface area contributed by atoms with Crippen molar-refractivity contribution in [3.05, 3.63) is 29.6 Å². The number of rotatable bonds is 2. The van der Waals surface area contributed by atoms with E-state index < -0.39 is 5.41 Å². The molecule has 0 aliphatic heterocycles. The topological polar surface area (TPSA) is 52.9 Å². The van der Waals surface area contributed by atoms with Gasteiger partial charge in [-0.05, 0) is 37.5 Å². The van der Waals surface area contributed by atoms with Crippen molar-refractivity contribution in [2.45, 2.75) is 45.4 Å². The van der Waals surface area contributed by atoms with Crippen LogP contribution in [0.5, 0.6) is 0 Å². The lowest BCUT2D eigenvalue weighted by Crippen LogP contribution is -2.34. The van der Waals surface area contributed by atoms with Crippen molar-refractivity contribution in [2.24, 2.45) is 5.41 Å². The van der Waals surface area contributed by atoms with Gasteiger partial charge < -0.3 is 5.32 Å². The molecule has 0 heterocycles. The summed E-state index contributed by atoms with van der Waals surface area (Å²) in [6.07, 6.45) is 5.09. The zero-order valence-electron chi connectivity index (χ0n) is 11.7. The molecule has 1 aromatic rings. The predicted molar refractivity (Wildman–Crippen MR) is 75.5 cm³/mol. The normalized spacial score (nSPS) is 17.9. The van der Waals surface area contributed by atoms with Crippen molar-refractivity contribution < 1.29 is 9.18 Å². The van der Waals surface area contributed by atoms with Crippen LogP contribution in [0.2, 0.25) is 0 Å². The molecule has 1 aliphatic rings. The molecule has 1 saturated carbocycles. The van der Waals surface area contributed by atoms with Crippen molar-refractivity contribution >= 4 is 11.6 Å². The Morgan fingerprint density at radius 2 is 1.95 bits per heavy atom. The highest BCUT2D eigenvalue weighted by Crippen LogP contribution is 2.35. The fourth-order valence-electron chi connectivity index (χ4n) is 2.64. The zero-order valence-corrected chi connectivity index (χ0v) is 11.7. The molecule has 0 saturated heterocycles. The first-order chi connectivity index (χ1) is 9.57. The molecule has 1 fully saturated rings. The fourth-order valence-corrected chi connectivity index (χ4v) is 2.64. The molecular weight excluding hydrogens is 255 g/mol. The summed E-state index contributed by atoms with van der Waals surface area (Å²) in [6, 6.07) is 6.79. The molecule has 1 aliphatic carbocycles. The number of nitrogens with zero attached hydrogens (tertiary/aromatic N) is 1. The number of nitrogens with one attached hydrogen (secondary N) is 1. The number of nitriles is 1. The molecule has 0 spiro atoms. The Hall–Kier alpha value is -1.89. The van der Waals surface area contributed by atoms with E-state index in [1.165, 1.54) is 6.07 Å². The summed E-state index contributed by atoms with van der Waals surface area (Å²) in [4.78, 5) is 12.4. The van der Waals surface area contributed by atoms with Crippen LogP contribution in [0.1, 0.15) is 44.1 Å². The van der Waals surface area contributed by atoms with E-state index in [0.717, 1.165) is 25.7 Å². The molecule has 1 amide bonds. The number of halogens is 1. The lowest BCUT2D eigenvalue weighted by Gasteiger charge is -2.23. The Bertz CT molecular complexity index is 540. The van der Waals surface area contributed by atoms with Gasteiger partial charge in [0, 0.05) is 5.69 Å². The standard InChI is InChI=1S/C16H19FN2O/c1-12-6-7-13(10-14(12)17)19-15(20)16(11-18)8-4-2-3-5-9-16/h6-7,10H,2-5,8-9H2,1H3,(H,19,20). The summed E-state index contributed by atoms with van der Waals surface area (Å²) < 4.78 is 13.5. The van der Waals surface area contributed by atoms with Gasteiger partial charge in [-0.1, -0.05) is 31.7 Å². The number of carbonyl (C=O) groups is 1. The number of hydrogen-bond acceptors (Lipinski definition) is 2. The molecule has 106 valence electrons. The average molecular weight is 274 g/mol. The second kappa shape index (κ2) is 6.04. The van der Waals surface area contributed by atoms with Gasteiger partial charge in [0.1, 0.15) is 11.2 Å². The molecule has 0 atom stereocenters. The molecule has 20 heavy (non-hydrogen) atoms. The smallest absolute Gasteiger partial charge is 0.244 e. The van der Waals surface area contributed by atoms with Crippen LogP contribution in [-0.2, 0) is 4.79 Å². The van der Waals surface area contributed by atoms with Crippen LogP contribution in [0.15, 0.2) is 18.2 Å².